The first kappa shape index (κ1) is 16.7. The van der Waals surface area contributed by atoms with Crippen LogP contribution in [0.2, 0.25) is 0 Å². The Hall–Kier alpha value is -3.41. The molecule has 28 heavy (non-hydrogen) atoms. The number of aromatic nitrogens is 4. The van der Waals surface area contributed by atoms with Gasteiger partial charge >= 0.3 is 5.69 Å². The lowest BCUT2D eigenvalue weighted by atomic mass is 10.00. The lowest BCUT2D eigenvalue weighted by Crippen LogP contribution is -2.31. The number of aryl methyl sites for hydroxylation is 1. The molecule has 0 radical (unpaired) electrons. The van der Waals surface area contributed by atoms with Crippen molar-refractivity contribution in [1.82, 2.24) is 19.2 Å². The molecule has 5 rings (SSSR count). The van der Waals surface area contributed by atoms with E-state index < -0.39 is 0 Å². The zero-order valence-corrected chi connectivity index (χ0v) is 15.7. The van der Waals surface area contributed by atoms with Crippen LogP contribution in [0.25, 0.3) is 5.65 Å². The fourth-order valence-corrected chi connectivity index (χ4v) is 3.80. The van der Waals surface area contributed by atoms with Crippen LogP contribution in [0.15, 0.2) is 65.7 Å². The molecule has 2 aromatic heterocycles. The average Bonchev–Trinajstić information content (AvgIpc) is 3.05. The number of nitrogens with zero attached hydrogens (tertiary/aromatic N) is 5. The Morgan fingerprint density at radius 1 is 1.04 bits per heavy atom. The standard InChI is InChI=1S/C22H21N5O/c1-16-6-8-17(9-7-16)14-27-22(28)26-13-11-23-20(21(26)24-27)25-12-10-18-4-2-3-5-19(18)15-25/h2-9,11,13H,10,12,14-15H2,1H3. The Morgan fingerprint density at radius 2 is 1.82 bits per heavy atom. The second kappa shape index (κ2) is 6.64. The van der Waals surface area contributed by atoms with Crippen LogP contribution in [0.1, 0.15) is 22.3 Å². The van der Waals surface area contributed by atoms with E-state index in [-0.39, 0.29) is 5.69 Å². The van der Waals surface area contributed by atoms with Crippen molar-refractivity contribution in [3.05, 3.63) is 93.7 Å². The third-order valence-corrected chi connectivity index (χ3v) is 5.37. The fraction of sp³-hybridized carbons (Fsp3) is 0.227. The lowest BCUT2D eigenvalue weighted by Gasteiger charge is -2.29. The second-order valence-corrected chi connectivity index (χ2v) is 7.31. The number of fused-ring (bicyclic) bond motifs is 2. The largest absolute Gasteiger partial charge is 0.350 e. The molecule has 0 unspecified atom stereocenters. The highest BCUT2D eigenvalue weighted by molar-refractivity contribution is 5.64. The molecule has 6 heteroatoms. The predicted octanol–water partition coefficient (Wildman–Crippen LogP) is 2.81. The molecule has 6 nitrogen and oxygen atoms in total. The van der Waals surface area contributed by atoms with Crippen molar-refractivity contribution in [1.29, 1.82) is 0 Å². The molecule has 0 amide bonds. The molecular formula is C22H21N5O. The number of rotatable bonds is 3. The smallest absolute Gasteiger partial charge is 0.349 e. The third-order valence-electron chi connectivity index (χ3n) is 5.37. The molecule has 1 aliphatic heterocycles. The summed E-state index contributed by atoms with van der Waals surface area (Å²) in [6, 6.07) is 16.7. The number of benzene rings is 2. The van der Waals surface area contributed by atoms with Gasteiger partial charge in [0.1, 0.15) is 0 Å². The van der Waals surface area contributed by atoms with E-state index in [2.05, 4.69) is 46.2 Å². The summed E-state index contributed by atoms with van der Waals surface area (Å²) < 4.78 is 3.11. The van der Waals surface area contributed by atoms with E-state index >= 15 is 0 Å². The Kier molecular flexibility index (Phi) is 3.97. The van der Waals surface area contributed by atoms with Crippen LogP contribution in [0.4, 0.5) is 5.82 Å². The molecule has 4 aromatic rings. The van der Waals surface area contributed by atoms with Crippen LogP contribution < -0.4 is 10.6 Å². The predicted molar refractivity (Wildman–Crippen MR) is 109 cm³/mol. The van der Waals surface area contributed by atoms with Gasteiger partial charge in [0.25, 0.3) is 0 Å². The maximum absolute atomic E-state index is 12.9. The van der Waals surface area contributed by atoms with Gasteiger partial charge in [0, 0.05) is 25.5 Å². The van der Waals surface area contributed by atoms with Gasteiger partial charge in [0.2, 0.25) is 5.65 Å². The number of anilines is 1. The highest BCUT2D eigenvalue weighted by Crippen LogP contribution is 2.24. The monoisotopic (exact) mass is 371 g/mol. The fourth-order valence-electron chi connectivity index (χ4n) is 3.80. The average molecular weight is 371 g/mol. The van der Waals surface area contributed by atoms with E-state index in [9.17, 15) is 4.79 Å². The van der Waals surface area contributed by atoms with Gasteiger partial charge in [-0.3, -0.25) is 0 Å². The normalized spacial score (nSPS) is 13.7. The summed E-state index contributed by atoms with van der Waals surface area (Å²) in [4.78, 5) is 19.6. The zero-order chi connectivity index (χ0) is 19.1. The van der Waals surface area contributed by atoms with Crippen molar-refractivity contribution in [3.8, 4) is 0 Å². The van der Waals surface area contributed by atoms with E-state index in [0.29, 0.717) is 12.2 Å². The highest BCUT2D eigenvalue weighted by atomic mass is 16.2. The van der Waals surface area contributed by atoms with Crippen LogP contribution in [-0.4, -0.2) is 25.7 Å². The Labute approximate surface area is 162 Å². The summed E-state index contributed by atoms with van der Waals surface area (Å²) in [5.74, 6) is 0.761. The van der Waals surface area contributed by atoms with Crippen LogP contribution >= 0.6 is 0 Å². The van der Waals surface area contributed by atoms with E-state index in [0.717, 1.165) is 30.9 Å². The van der Waals surface area contributed by atoms with Gasteiger partial charge in [-0.1, -0.05) is 54.1 Å². The van der Waals surface area contributed by atoms with Gasteiger partial charge in [0.15, 0.2) is 5.82 Å². The van der Waals surface area contributed by atoms with Gasteiger partial charge in [-0.2, -0.15) is 0 Å². The SMILES string of the molecule is Cc1ccc(Cn2nc3c(N4CCc5ccccc5C4)nccn3c2=O)cc1. The molecule has 3 heterocycles. The van der Waals surface area contributed by atoms with E-state index in [1.165, 1.54) is 21.4 Å². The Morgan fingerprint density at radius 3 is 2.64 bits per heavy atom. The first-order chi connectivity index (χ1) is 13.7. The minimum atomic E-state index is -0.142. The van der Waals surface area contributed by atoms with Gasteiger partial charge in [-0.15, -0.1) is 5.10 Å². The molecule has 140 valence electrons. The molecule has 0 bridgehead atoms. The highest BCUT2D eigenvalue weighted by Gasteiger charge is 2.21. The first-order valence-electron chi connectivity index (χ1n) is 9.50. The van der Waals surface area contributed by atoms with Crippen LogP contribution in [0, 0.1) is 6.92 Å². The third kappa shape index (κ3) is 2.87. The molecule has 0 spiro atoms. The molecule has 2 aromatic carbocycles. The summed E-state index contributed by atoms with van der Waals surface area (Å²) >= 11 is 0. The van der Waals surface area contributed by atoms with Crippen LogP contribution in [0.3, 0.4) is 0 Å². The first-order valence-corrected chi connectivity index (χ1v) is 9.50. The van der Waals surface area contributed by atoms with Crippen molar-refractivity contribution >= 4 is 11.5 Å². The summed E-state index contributed by atoms with van der Waals surface area (Å²) in [6.07, 6.45) is 4.34. The van der Waals surface area contributed by atoms with E-state index in [4.69, 9.17) is 0 Å². The second-order valence-electron chi connectivity index (χ2n) is 7.31. The van der Waals surface area contributed by atoms with Gasteiger partial charge in [-0.25, -0.2) is 18.9 Å². The van der Waals surface area contributed by atoms with Gasteiger partial charge in [-0.05, 0) is 30.0 Å². The van der Waals surface area contributed by atoms with Crippen LogP contribution in [0.5, 0.6) is 0 Å². The molecule has 0 aliphatic carbocycles. The Bertz CT molecular complexity index is 1210. The van der Waals surface area contributed by atoms with E-state index in [1.807, 2.05) is 24.3 Å². The van der Waals surface area contributed by atoms with Crippen molar-refractivity contribution < 1.29 is 0 Å². The molecule has 0 atom stereocenters. The summed E-state index contributed by atoms with van der Waals surface area (Å²) in [5, 5.41) is 4.62. The van der Waals surface area contributed by atoms with Gasteiger partial charge in [0.05, 0.1) is 6.54 Å². The number of hydrogen-bond donors (Lipinski definition) is 0. The maximum Gasteiger partial charge on any atom is 0.350 e. The van der Waals surface area contributed by atoms with Crippen molar-refractivity contribution in [2.75, 3.05) is 11.4 Å². The molecule has 0 N–H and O–H groups in total. The van der Waals surface area contributed by atoms with Crippen molar-refractivity contribution in [3.63, 3.8) is 0 Å². The molecule has 0 fully saturated rings. The summed E-state index contributed by atoms with van der Waals surface area (Å²) in [7, 11) is 0. The van der Waals surface area contributed by atoms with E-state index in [1.54, 1.807) is 16.8 Å². The minimum Gasteiger partial charge on any atom is -0.349 e. The minimum absolute atomic E-state index is 0.142. The van der Waals surface area contributed by atoms with Gasteiger partial charge < -0.3 is 4.90 Å². The van der Waals surface area contributed by atoms with Crippen molar-refractivity contribution in [2.24, 2.45) is 0 Å². The summed E-state index contributed by atoms with van der Waals surface area (Å²) in [5.41, 5.74) is 5.41. The van der Waals surface area contributed by atoms with Crippen molar-refractivity contribution in [2.45, 2.75) is 26.4 Å². The molecule has 0 saturated carbocycles. The summed E-state index contributed by atoms with van der Waals surface area (Å²) in [6.45, 7) is 4.14. The maximum atomic E-state index is 12.9. The quantitative estimate of drug-likeness (QED) is 0.556. The lowest BCUT2D eigenvalue weighted by molar-refractivity contribution is 0.658. The zero-order valence-electron chi connectivity index (χ0n) is 15.7. The molecule has 0 saturated heterocycles. The topological polar surface area (TPSA) is 55.4 Å². The number of hydrogen-bond acceptors (Lipinski definition) is 4. The van der Waals surface area contributed by atoms with Crippen LogP contribution in [-0.2, 0) is 19.5 Å². The Balaban J connectivity index is 1.52. The molecular weight excluding hydrogens is 350 g/mol. The molecule has 1 aliphatic rings.